The molecule has 116 valence electrons. The van der Waals surface area contributed by atoms with Crippen LogP contribution in [0.25, 0.3) is 0 Å². The number of carbonyl (C=O) groups is 2. The number of rotatable bonds is 3. The molecule has 2 heterocycles. The fraction of sp³-hybridized carbons (Fsp3) is 0.429. The van der Waals surface area contributed by atoms with Gasteiger partial charge >= 0.3 is 0 Å². The molecule has 2 saturated heterocycles. The second-order valence-electron chi connectivity index (χ2n) is 5.21. The molecule has 0 aromatic heterocycles. The molecule has 0 aliphatic carbocycles. The van der Waals surface area contributed by atoms with Gasteiger partial charge in [-0.2, -0.15) is 0 Å². The van der Waals surface area contributed by atoms with Crippen molar-refractivity contribution in [3.8, 4) is 0 Å². The van der Waals surface area contributed by atoms with Gasteiger partial charge in [0.1, 0.15) is 0 Å². The lowest BCUT2D eigenvalue weighted by molar-refractivity contribution is -0.384. The summed E-state index contributed by atoms with van der Waals surface area (Å²) >= 11 is 0. The predicted octanol–water partition coefficient (Wildman–Crippen LogP) is 0.559. The highest BCUT2D eigenvalue weighted by atomic mass is 16.6. The maximum Gasteiger partial charge on any atom is 0.269 e. The quantitative estimate of drug-likeness (QED) is 0.460. The van der Waals surface area contributed by atoms with Crippen molar-refractivity contribution in [2.75, 3.05) is 31.2 Å². The van der Waals surface area contributed by atoms with Gasteiger partial charge in [-0.3, -0.25) is 24.6 Å². The number of nitrogens with zero attached hydrogens (tertiary/aromatic N) is 3. The normalized spacial score (nSPS) is 23.1. The summed E-state index contributed by atoms with van der Waals surface area (Å²) in [4.78, 5) is 37.9. The summed E-state index contributed by atoms with van der Waals surface area (Å²) in [5, 5.41) is 10.7. The van der Waals surface area contributed by atoms with Gasteiger partial charge in [0.25, 0.3) is 11.6 Å². The SMILES string of the molecule is O=C1C[C@@H](N2CCOCC2)C(=O)N1c1ccc([N+](=O)[O-])cc1. The molecule has 3 rings (SSSR count). The van der Waals surface area contributed by atoms with Gasteiger partial charge in [-0.1, -0.05) is 0 Å². The Morgan fingerprint density at radius 2 is 1.77 bits per heavy atom. The van der Waals surface area contributed by atoms with Gasteiger partial charge in [0, 0.05) is 25.2 Å². The minimum atomic E-state index is -0.520. The van der Waals surface area contributed by atoms with Gasteiger partial charge in [0.15, 0.2) is 0 Å². The minimum absolute atomic E-state index is 0.0763. The van der Waals surface area contributed by atoms with E-state index in [9.17, 15) is 19.7 Å². The van der Waals surface area contributed by atoms with Crippen LogP contribution in [-0.4, -0.2) is 54.0 Å². The number of hydrogen-bond donors (Lipinski definition) is 0. The fourth-order valence-electron chi connectivity index (χ4n) is 2.79. The van der Waals surface area contributed by atoms with Gasteiger partial charge < -0.3 is 4.74 Å². The molecular formula is C14H15N3O5. The third kappa shape index (κ3) is 2.58. The highest BCUT2D eigenvalue weighted by molar-refractivity contribution is 6.22. The maximum atomic E-state index is 12.5. The van der Waals surface area contributed by atoms with Crippen molar-refractivity contribution in [2.24, 2.45) is 0 Å². The van der Waals surface area contributed by atoms with Crippen LogP contribution in [0.5, 0.6) is 0 Å². The van der Waals surface area contributed by atoms with Crippen molar-refractivity contribution in [2.45, 2.75) is 12.5 Å². The first-order valence-electron chi connectivity index (χ1n) is 7.01. The lowest BCUT2D eigenvalue weighted by atomic mass is 10.2. The minimum Gasteiger partial charge on any atom is -0.379 e. The number of ether oxygens (including phenoxy) is 1. The van der Waals surface area contributed by atoms with E-state index < -0.39 is 11.0 Å². The summed E-state index contributed by atoms with van der Waals surface area (Å²) in [5.41, 5.74) is 0.295. The standard InChI is InChI=1S/C14H15N3O5/c18-13-9-12(15-5-7-22-8-6-15)14(19)16(13)10-1-3-11(4-2-10)17(20)21/h1-4,12H,5-9H2/t12-/m1/s1. The van der Waals surface area contributed by atoms with E-state index in [1.54, 1.807) is 0 Å². The van der Waals surface area contributed by atoms with Crippen molar-refractivity contribution in [1.29, 1.82) is 0 Å². The van der Waals surface area contributed by atoms with Gasteiger partial charge in [-0.25, -0.2) is 4.90 Å². The molecule has 0 spiro atoms. The van der Waals surface area contributed by atoms with Gasteiger partial charge in [-0.15, -0.1) is 0 Å². The molecule has 22 heavy (non-hydrogen) atoms. The smallest absolute Gasteiger partial charge is 0.269 e. The van der Waals surface area contributed by atoms with E-state index in [1.165, 1.54) is 24.3 Å². The monoisotopic (exact) mass is 305 g/mol. The van der Waals surface area contributed by atoms with Crippen LogP contribution in [0.1, 0.15) is 6.42 Å². The zero-order valence-electron chi connectivity index (χ0n) is 11.8. The molecule has 0 N–H and O–H groups in total. The first-order valence-corrected chi connectivity index (χ1v) is 7.01. The first-order chi connectivity index (χ1) is 10.6. The number of anilines is 1. The lowest BCUT2D eigenvalue weighted by Crippen LogP contribution is -2.47. The van der Waals surface area contributed by atoms with Crippen LogP contribution in [0.15, 0.2) is 24.3 Å². The highest BCUT2D eigenvalue weighted by Gasteiger charge is 2.43. The van der Waals surface area contributed by atoms with Gasteiger partial charge in [-0.05, 0) is 12.1 Å². The molecule has 0 unspecified atom stereocenters. The molecule has 2 aliphatic rings. The van der Waals surface area contributed by atoms with E-state index >= 15 is 0 Å². The van der Waals surface area contributed by atoms with E-state index in [4.69, 9.17) is 4.74 Å². The van der Waals surface area contributed by atoms with Crippen LogP contribution in [0.2, 0.25) is 0 Å². The van der Waals surface area contributed by atoms with Crippen LogP contribution in [0.3, 0.4) is 0 Å². The summed E-state index contributed by atoms with van der Waals surface area (Å²) in [5.74, 6) is -0.559. The van der Waals surface area contributed by atoms with Crippen LogP contribution < -0.4 is 4.90 Å². The van der Waals surface area contributed by atoms with Crippen molar-refractivity contribution in [1.82, 2.24) is 4.90 Å². The second-order valence-corrected chi connectivity index (χ2v) is 5.21. The Bertz CT molecular complexity index is 609. The van der Waals surface area contributed by atoms with E-state index in [1.807, 2.05) is 4.90 Å². The number of morpholine rings is 1. The summed E-state index contributed by atoms with van der Waals surface area (Å²) in [7, 11) is 0. The third-order valence-electron chi connectivity index (χ3n) is 3.93. The largest absolute Gasteiger partial charge is 0.379 e. The summed E-state index contributed by atoms with van der Waals surface area (Å²) < 4.78 is 5.25. The van der Waals surface area contributed by atoms with Crippen molar-refractivity contribution in [3.63, 3.8) is 0 Å². The molecule has 2 amide bonds. The molecule has 1 atom stereocenters. The Morgan fingerprint density at radius 3 is 2.36 bits per heavy atom. The Kier molecular flexibility index (Phi) is 3.86. The molecule has 0 bridgehead atoms. The summed E-state index contributed by atoms with van der Waals surface area (Å²) in [6.45, 7) is 2.35. The molecule has 2 fully saturated rings. The van der Waals surface area contributed by atoms with E-state index in [-0.39, 0.29) is 23.9 Å². The van der Waals surface area contributed by atoms with E-state index in [0.717, 1.165) is 4.90 Å². The molecule has 1 aromatic rings. The number of nitro groups is 1. The number of nitro benzene ring substituents is 1. The Hall–Kier alpha value is -2.32. The summed E-state index contributed by atoms with van der Waals surface area (Å²) in [6.07, 6.45) is 0.135. The molecule has 2 aliphatic heterocycles. The predicted molar refractivity (Wildman–Crippen MR) is 76.4 cm³/mol. The number of non-ortho nitro benzene ring substituents is 1. The van der Waals surface area contributed by atoms with Crippen LogP contribution >= 0.6 is 0 Å². The van der Waals surface area contributed by atoms with Gasteiger partial charge in [0.2, 0.25) is 5.91 Å². The zero-order valence-corrected chi connectivity index (χ0v) is 11.8. The number of imide groups is 1. The average molecular weight is 305 g/mol. The molecule has 0 saturated carbocycles. The molecular weight excluding hydrogens is 290 g/mol. The Labute approximate surface area is 126 Å². The topological polar surface area (TPSA) is 93.0 Å². The van der Waals surface area contributed by atoms with E-state index in [2.05, 4.69) is 0 Å². The van der Waals surface area contributed by atoms with Crippen molar-refractivity contribution < 1.29 is 19.2 Å². The lowest BCUT2D eigenvalue weighted by Gasteiger charge is -2.30. The van der Waals surface area contributed by atoms with Crippen molar-refractivity contribution in [3.05, 3.63) is 34.4 Å². The second kappa shape index (κ2) is 5.82. The number of hydrogen-bond acceptors (Lipinski definition) is 6. The molecule has 1 aromatic carbocycles. The molecule has 8 nitrogen and oxygen atoms in total. The average Bonchev–Trinajstić information content (AvgIpc) is 2.83. The summed E-state index contributed by atoms with van der Waals surface area (Å²) in [6, 6.07) is 4.97. The number of amides is 2. The van der Waals surface area contributed by atoms with Crippen LogP contribution in [0, 0.1) is 10.1 Å². The van der Waals surface area contributed by atoms with Gasteiger partial charge in [0.05, 0.1) is 36.3 Å². The van der Waals surface area contributed by atoms with E-state index in [0.29, 0.717) is 32.0 Å². The van der Waals surface area contributed by atoms with Crippen molar-refractivity contribution >= 4 is 23.2 Å². The zero-order chi connectivity index (χ0) is 15.7. The molecule has 0 radical (unpaired) electrons. The van der Waals surface area contributed by atoms with Crippen LogP contribution in [0.4, 0.5) is 11.4 Å². The Morgan fingerprint density at radius 1 is 1.14 bits per heavy atom. The number of benzene rings is 1. The molecule has 8 heteroatoms. The highest BCUT2D eigenvalue weighted by Crippen LogP contribution is 2.27. The first kappa shape index (κ1) is 14.6. The van der Waals surface area contributed by atoms with Crippen LogP contribution in [-0.2, 0) is 14.3 Å². The number of carbonyl (C=O) groups excluding carboxylic acids is 2. The fourth-order valence-corrected chi connectivity index (χ4v) is 2.79. The Balaban J connectivity index is 1.80. The maximum absolute atomic E-state index is 12.5. The third-order valence-corrected chi connectivity index (χ3v) is 3.93.